The Morgan fingerprint density at radius 1 is 1.39 bits per heavy atom. The molecule has 0 saturated carbocycles. The second kappa shape index (κ2) is 4.76. The second-order valence-electron chi connectivity index (χ2n) is 3.22. The smallest absolute Gasteiger partial charge is 0.392 e. The van der Waals surface area contributed by atoms with Gasteiger partial charge in [-0.05, 0) is 17.7 Å². The molecule has 18 heavy (non-hydrogen) atoms. The van der Waals surface area contributed by atoms with Crippen molar-refractivity contribution in [3.8, 4) is 6.07 Å². The molecule has 1 aromatic carbocycles. The maximum Gasteiger partial charge on any atom is 0.417 e. The predicted octanol–water partition coefficient (Wildman–Crippen LogP) is 2.00. The molecule has 0 aliphatic carbocycles. The van der Waals surface area contributed by atoms with Gasteiger partial charge in [0.15, 0.2) is 0 Å². The molecule has 0 atom stereocenters. The number of aliphatic hydroxyl groups excluding tert-OH is 1. The molecule has 4 nitrogen and oxygen atoms in total. The Morgan fingerprint density at radius 2 is 1.94 bits per heavy atom. The lowest BCUT2D eigenvalue weighted by atomic mass is 10.1. The fraction of sp³-hybridized carbons (Fsp3) is 0.222. The summed E-state index contributed by atoms with van der Waals surface area (Å²) < 4.78 is 60.4. The van der Waals surface area contributed by atoms with Gasteiger partial charge in [0, 0.05) is 10.7 Å². The average Bonchev–Trinajstić information content (AvgIpc) is 2.24. The van der Waals surface area contributed by atoms with E-state index in [1.54, 1.807) is 0 Å². The van der Waals surface area contributed by atoms with Crippen molar-refractivity contribution in [2.75, 3.05) is 0 Å². The molecule has 0 bridgehead atoms. The summed E-state index contributed by atoms with van der Waals surface area (Å²) in [6.07, 6.45) is -5.01. The first-order chi connectivity index (χ1) is 8.11. The molecule has 1 aromatic rings. The van der Waals surface area contributed by atoms with Crippen molar-refractivity contribution in [3.63, 3.8) is 0 Å². The van der Waals surface area contributed by atoms with Crippen molar-refractivity contribution in [3.05, 3.63) is 28.8 Å². The Hall–Kier alpha value is -1.30. The lowest BCUT2D eigenvalue weighted by molar-refractivity contribution is -0.140. The maximum atomic E-state index is 12.7. The molecule has 0 fully saturated rings. The standard InChI is InChI=1S/C9H5ClF3NO3S/c10-18(16,17)8-6(4-15)1-5(3-14)2-7(8)9(11,12)13/h1-2,15H,4H2. The first-order valence-corrected chi connectivity index (χ1v) is 6.62. The highest BCUT2D eigenvalue weighted by atomic mass is 35.7. The average molecular weight is 300 g/mol. The van der Waals surface area contributed by atoms with Crippen LogP contribution in [0.4, 0.5) is 13.2 Å². The first kappa shape index (κ1) is 14.8. The number of nitriles is 1. The van der Waals surface area contributed by atoms with E-state index < -0.39 is 43.4 Å². The third-order valence-corrected chi connectivity index (χ3v) is 3.45. The molecular formula is C9H5ClF3NO3S. The van der Waals surface area contributed by atoms with E-state index in [-0.39, 0.29) is 0 Å². The van der Waals surface area contributed by atoms with Crippen molar-refractivity contribution in [1.82, 2.24) is 0 Å². The zero-order valence-electron chi connectivity index (χ0n) is 8.49. The predicted molar refractivity (Wildman–Crippen MR) is 55.1 cm³/mol. The fourth-order valence-electron chi connectivity index (χ4n) is 1.37. The van der Waals surface area contributed by atoms with Gasteiger partial charge in [-0.25, -0.2) is 8.42 Å². The van der Waals surface area contributed by atoms with Crippen LogP contribution in [0.5, 0.6) is 0 Å². The minimum Gasteiger partial charge on any atom is -0.392 e. The first-order valence-electron chi connectivity index (χ1n) is 4.31. The Labute approximate surface area is 105 Å². The summed E-state index contributed by atoms with van der Waals surface area (Å²) in [7, 11) is 0.226. The third kappa shape index (κ3) is 2.93. The zero-order valence-corrected chi connectivity index (χ0v) is 10.1. The molecule has 0 aromatic heterocycles. The minimum atomic E-state index is -5.01. The zero-order chi connectivity index (χ0) is 14.1. The monoisotopic (exact) mass is 299 g/mol. The number of hydrogen-bond donors (Lipinski definition) is 1. The molecule has 0 saturated heterocycles. The maximum absolute atomic E-state index is 12.7. The van der Waals surface area contributed by atoms with Gasteiger partial charge >= 0.3 is 6.18 Å². The second-order valence-corrected chi connectivity index (χ2v) is 5.72. The summed E-state index contributed by atoms with van der Waals surface area (Å²) in [4.78, 5) is -1.22. The van der Waals surface area contributed by atoms with Gasteiger partial charge in [0.05, 0.1) is 23.8 Å². The SMILES string of the molecule is N#Cc1cc(CO)c(S(=O)(=O)Cl)c(C(F)(F)F)c1. The molecule has 98 valence electrons. The summed E-state index contributed by atoms with van der Waals surface area (Å²) >= 11 is 0. The molecule has 9 heteroatoms. The van der Waals surface area contributed by atoms with E-state index in [9.17, 15) is 21.6 Å². The normalized spacial score (nSPS) is 12.2. The topological polar surface area (TPSA) is 78.2 Å². The van der Waals surface area contributed by atoms with Crippen LogP contribution in [0.25, 0.3) is 0 Å². The third-order valence-electron chi connectivity index (χ3n) is 2.01. The summed E-state index contributed by atoms with van der Waals surface area (Å²) in [6.45, 7) is -0.986. The minimum absolute atomic E-state index is 0.369. The number of hydrogen-bond acceptors (Lipinski definition) is 4. The molecule has 1 N–H and O–H groups in total. The van der Waals surface area contributed by atoms with Gasteiger partial charge < -0.3 is 5.11 Å². The molecule has 0 aliphatic rings. The van der Waals surface area contributed by atoms with E-state index in [0.717, 1.165) is 6.07 Å². The number of nitrogens with zero attached hydrogens (tertiary/aromatic N) is 1. The van der Waals surface area contributed by atoms with Gasteiger partial charge in [-0.1, -0.05) is 0 Å². The highest BCUT2D eigenvalue weighted by molar-refractivity contribution is 8.13. The van der Waals surface area contributed by atoms with E-state index in [0.29, 0.717) is 6.07 Å². The summed E-state index contributed by atoms with van der Waals surface area (Å²) in [5, 5.41) is 17.5. The van der Waals surface area contributed by atoms with Crippen molar-refractivity contribution < 1.29 is 26.7 Å². The highest BCUT2D eigenvalue weighted by Gasteiger charge is 2.38. The van der Waals surface area contributed by atoms with Gasteiger partial charge in [0.25, 0.3) is 9.05 Å². The van der Waals surface area contributed by atoms with Crippen LogP contribution in [-0.4, -0.2) is 13.5 Å². The van der Waals surface area contributed by atoms with Gasteiger partial charge in [-0.3, -0.25) is 0 Å². The molecule has 0 spiro atoms. The van der Waals surface area contributed by atoms with Crippen LogP contribution in [-0.2, 0) is 21.8 Å². The summed E-state index contributed by atoms with van der Waals surface area (Å²) in [5.41, 5.74) is -2.56. The Kier molecular flexibility index (Phi) is 3.90. The molecule has 1 rings (SSSR count). The highest BCUT2D eigenvalue weighted by Crippen LogP contribution is 2.38. The number of aliphatic hydroxyl groups is 1. The molecular weight excluding hydrogens is 295 g/mol. The Morgan fingerprint density at radius 3 is 2.28 bits per heavy atom. The molecule has 0 heterocycles. The molecule has 0 radical (unpaired) electrons. The van der Waals surface area contributed by atoms with Crippen molar-refractivity contribution in [1.29, 1.82) is 5.26 Å². The van der Waals surface area contributed by atoms with E-state index in [1.165, 1.54) is 6.07 Å². The quantitative estimate of drug-likeness (QED) is 0.847. The molecule has 0 unspecified atom stereocenters. The van der Waals surface area contributed by atoms with Gasteiger partial charge in [0.2, 0.25) is 0 Å². The van der Waals surface area contributed by atoms with Crippen LogP contribution in [0.2, 0.25) is 0 Å². The van der Waals surface area contributed by atoms with Crippen LogP contribution in [0.3, 0.4) is 0 Å². The van der Waals surface area contributed by atoms with Crippen molar-refractivity contribution in [2.24, 2.45) is 0 Å². The van der Waals surface area contributed by atoms with E-state index >= 15 is 0 Å². The number of benzene rings is 1. The number of halogens is 4. The Balaban J connectivity index is 3.83. The van der Waals surface area contributed by atoms with Gasteiger partial charge in [-0.2, -0.15) is 18.4 Å². The lowest BCUT2D eigenvalue weighted by Crippen LogP contribution is -2.14. The lowest BCUT2D eigenvalue weighted by Gasteiger charge is -2.14. The molecule has 0 aliphatic heterocycles. The molecule has 0 amide bonds. The van der Waals surface area contributed by atoms with E-state index in [2.05, 4.69) is 0 Å². The van der Waals surface area contributed by atoms with E-state index in [4.69, 9.17) is 21.1 Å². The number of rotatable bonds is 2. The van der Waals surface area contributed by atoms with E-state index in [1.807, 2.05) is 0 Å². The van der Waals surface area contributed by atoms with Crippen LogP contribution in [0, 0.1) is 11.3 Å². The largest absolute Gasteiger partial charge is 0.417 e. The van der Waals surface area contributed by atoms with Crippen molar-refractivity contribution >= 4 is 19.7 Å². The summed E-state index contributed by atoms with van der Waals surface area (Å²) in [5.74, 6) is 0. The van der Waals surface area contributed by atoms with Crippen LogP contribution in [0.1, 0.15) is 16.7 Å². The summed E-state index contributed by atoms with van der Waals surface area (Å²) in [6, 6.07) is 2.65. The van der Waals surface area contributed by atoms with Crippen LogP contribution in [0.15, 0.2) is 17.0 Å². The van der Waals surface area contributed by atoms with Gasteiger partial charge in [-0.15, -0.1) is 0 Å². The van der Waals surface area contributed by atoms with Crippen LogP contribution >= 0.6 is 10.7 Å². The van der Waals surface area contributed by atoms with Crippen molar-refractivity contribution in [2.45, 2.75) is 17.7 Å². The Bertz CT molecular complexity index is 619. The fourth-order valence-corrected chi connectivity index (χ4v) is 2.79. The number of alkyl halides is 3. The van der Waals surface area contributed by atoms with Crippen LogP contribution < -0.4 is 0 Å². The van der Waals surface area contributed by atoms with Gasteiger partial charge in [0.1, 0.15) is 4.90 Å².